The van der Waals surface area contributed by atoms with Crippen molar-refractivity contribution in [2.45, 2.75) is 32.0 Å². The number of rotatable bonds is 6. The predicted octanol–water partition coefficient (Wildman–Crippen LogP) is 1.32. The number of hydroxylamine groups is 1. The van der Waals surface area contributed by atoms with Crippen molar-refractivity contribution in [3.63, 3.8) is 0 Å². The topological polar surface area (TPSA) is 58.6 Å². The Hall–Kier alpha value is -0.820. The van der Waals surface area contributed by atoms with Gasteiger partial charge in [-0.05, 0) is 6.42 Å². The first kappa shape index (κ1) is 13.2. The van der Waals surface area contributed by atoms with Crippen LogP contribution in [0.2, 0.25) is 0 Å². The molecule has 0 aromatic heterocycles. The van der Waals surface area contributed by atoms with Crippen LogP contribution >= 0.6 is 0 Å². The van der Waals surface area contributed by atoms with E-state index < -0.39 is 24.8 Å². The molecule has 0 saturated carbocycles. The molecule has 1 unspecified atom stereocenters. The molecule has 0 spiro atoms. The largest absolute Gasteiger partial charge is 0.480 e. The molecule has 0 aromatic rings. The molecule has 4 nitrogen and oxygen atoms in total. The van der Waals surface area contributed by atoms with Crippen LogP contribution in [-0.2, 0) is 9.63 Å². The molecule has 0 fully saturated rings. The number of carboxylic acids is 1. The lowest BCUT2D eigenvalue weighted by molar-refractivity contribution is -0.195. The van der Waals surface area contributed by atoms with Crippen LogP contribution in [0.3, 0.4) is 0 Å². The normalized spacial score (nSPS) is 14.0. The third-order valence-electron chi connectivity index (χ3n) is 1.34. The molecule has 0 rings (SSSR count). The van der Waals surface area contributed by atoms with Crippen LogP contribution in [0.1, 0.15) is 19.8 Å². The fourth-order valence-corrected chi connectivity index (χ4v) is 0.746. The second-order valence-corrected chi connectivity index (χ2v) is 2.70. The van der Waals surface area contributed by atoms with Gasteiger partial charge < -0.3 is 5.11 Å². The lowest BCUT2D eigenvalue weighted by Gasteiger charge is -2.14. The van der Waals surface area contributed by atoms with Crippen molar-refractivity contribution in [3.05, 3.63) is 0 Å². The van der Waals surface area contributed by atoms with Crippen molar-refractivity contribution in [1.29, 1.82) is 0 Å². The highest BCUT2D eigenvalue weighted by Gasteiger charge is 2.28. The van der Waals surface area contributed by atoms with Crippen LogP contribution in [0, 0.1) is 0 Å². The zero-order valence-electron chi connectivity index (χ0n) is 7.60. The highest BCUT2D eigenvalue weighted by Crippen LogP contribution is 2.13. The Balaban J connectivity index is 3.77. The minimum Gasteiger partial charge on any atom is -0.480 e. The van der Waals surface area contributed by atoms with E-state index in [1.807, 2.05) is 5.48 Å². The van der Waals surface area contributed by atoms with E-state index in [-0.39, 0.29) is 6.42 Å². The maximum atomic E-state index is 11.6. The molecule has 1 atom stereocenters. The fraction of sp³-hybridized carbons (Fsp3) is 0.857. The van der Waals surface area contributed by atoms with E-state index in [4.69, 9.17) is 5.11 Å². The highest BCUT2D eigenvalue weighted by molar-refractivity contribution is 5.73. The number of hydrogen-bond donors (Lipinski definition) is 2. The molecule has 0 heterocycles. The van der Waals surface area contributed by atoms with Gasteiger partial charge in [-0.3, -0.25) is 9.63 Å². The SMILES string of the molecule is CCCC(NOCC(F)(F)F)C(=O)O. The first-order chi connectivity index (χ1) is 6.37. The first-order valence-corrected chi connectivity index (χ1v) is 4.03. The van der Waals surface area contributed by atoms with Crippen molar-refractivity contribution in [1.82, 2.24) is 5.48 Å². The van der Waals surface area contributed by atoms with Crippen molar-refractivity contribution < 1.29 is 27.9 Å². The van der Waals surface area contributed by atoms with Gasteiger partial charge in [0, 0.05) is 0 Å². The highest BCUT2D eigenvalue weighted by atomic mass is 19.4. The molecule has 0 aliphatic heterocycles. The molecule has 0 aliphatic carbocycles. The molecule has 0 aromatic carbocycles. The fourth-order valence-electron chi connectivity index (χ4n) is 0.746. The maximum Gasteiger partial charge on any atom is 0.413 e. The number of carbonyl (C=O) groups is 1. The van der Waals surface area contributed by atoms with Gasteiger partial charge in [-0.15, -0.1) is 0 Å². The van der Waals surface area contributed by atoms with Crippen molar-refractivity contribution in [2.75, 3.05) is 6.61 Å². The number of halogens is 3. The van der Waals surface area contributed by atoms with E-state index in [2.05, 4.69) is 4.84 Å². The van der Waals surface area contributed by atoms with Gasteiger partial charge in [-0.2, -0.15) is 18.7 Å². The summed E-state index contributed by atoms with van der Waals surface area (Å²) in [5.74, 6) is -1.23. The summed E-state index contributed by atoms with van der Waals surface area (Å²) in [6, 6.07) is -1.10. The Kier molecular flexibility index (Phi) is 5.47. The molecule has 84 valence electrons. The van der Waals surface area contributed by atoms with Crippen LogP contribution in [-0.4, -0.2) is 29.9 Å². The lowest BCUT2D eigenvalue weighted by atomic mass is 10.2. The minimum absolute atomic E-state index is 0.215. The Labute approximate surface area is 79.0 Å². The summed E-state index contributed by atoms with van der Waals surface area (Å²) in [5.41, 5.74) is 1.86. The predicted molar refractivity (Wildman–Crippen MR) is 41.5 cm³/mol. The minimum atomic E-state index is -4.46. The molecule has 0 radical (unpaired) electrons. The number of nitrogens with one attached hydrogen (secondary N) is 1. The van der Waals surface area contributed by atoms with Crippen LogP contribution < -0.4 is 5.48 Å². The van der Waals surface area contributed by atoms with Crippen molar-refractivity contribution >= 4 is 5.97 Å². The summed E-state index contributed by atoms with van der Waals surface area (Å²) in [5, 5.41) is 8.51. The van der Waals surface area contributed by atoms with Gasteiger partial charge in [0.25, 0.3) is 0 Å². The van der Waals surface area contributed by atoms with Crippen LogP contribution in [0.25, 0.3) is 0 Å². The van der Waals surface area contributed by atoms with Gasteiger partial charge >= 0.3 is 12.1 Å². The summed E-state index contributed by atoms with van der Waals surface area (Å²) in [7, 11) is 0. The van der Waals surface area contributed by atoms with E-state index in [1.165, 1.54) is 0 Å². The summed E-state index contributed by atoms with van der Waals surface area (Å²) in [4.78, 5) is 14.4. The number of carboxylic acid groups (broad SMARTS) is 1. The molecule has 0 bridgehead atoms. The smallest absolute Gasteiger partial charge is 0.413 e. The van der Waals surface area contributed by atoms with E-state index >= 15 is 0 Å². The standard InChI is InChI=1S/C7H12F3NO3/c1-2-3-5(6(12)13)11-14-4-7(8,9)10/h5,11H,2-4H2,1H3,(H,12,13). The van der Waals surface area contributed by atoms with Gasteiger partial charge in [0.1, 0.15) is 6.04 Å². The van der Waals surface area contributed by atoms with Crippen LogP contribution in [0.4, 0.5) is 13.2 Å². The third-order valence-corrected chi connectivity index (χ3v) is 1.34. The molecule has 0 amide bonds. The zero-order valence-corrected chi connectivity index (χ0v) is 7.60. The summed E-state index contributed by atoms with van der Waals surface area (Å²) >= 11 is 0. The molecular formula is C7H12F3NO3. The average molecular weight is 215 g/mol. The van der Waals surface area contributed by atoms with Gasteiger partial charge in [-0.25, -0.2) is 0 Å². The second-order valence-electron chi connectivity index (χ2n) is 2.70. The van der Waals surface area contributed by atoms with Crippen LogP contribution in [0.5, 0.6) is 0 Å². The van der Waals surface area contributed by atoms with Crippen molar-refractivity contribution in [3.8, 4) is 0 Å². The van der Waals surface area contributed by atoms with Gasteiger partial charge in [-0.1, -0.05) is 13.3 Å². The zero-order chi connectivity index (χ0) is 11.2. The Bertz CT molecular complexity index is 184. The summed E-state index contributed by atoms with van der Waals surface area (Å²) in [6.07, 6.45) is -3.70. The molecule has 14 heavy (non-hydrogen) atoms. The quantitative estimate of drug-likeness (QED) is 0.656. The van der Waals surface area contributed by atoms with Crippen LogP contribution in [0.15, 0.2) is 0 Å². The lowest BCUT2D eigenvalue weighted by Crippen LogP contribution is -2.38. The van der Waals surface area contributed by atoms with E-state index in [0.717, 1.165) is 0 Å². The van der Waals surface area contributed by atoms with E-state index in [0.29, 0.717) is 6.42 Å². The number of hydrogen-bond acceptors (Lipinski definition) is 3. The Morgan fingerprint density at radius 2 is 2.14 bits per heavy atom. The maximum absolute atomic E-state index is 11.6. The molecule has 2 N–H and O–H groups in total. The van der Waals surface area contributed by atoms with Gasteiger partial charge in [0.15, 0.2) is 6.61 Å². The van der Waals surface area contributed by atoms with E-state index in [1.54, 1.807) is 6.92 Å². The van der Waals surface area contributed by atoms with Gasteiger partial charge in [0.2, 0.25) is 0 Å². The first-order valence-electron chi connectivity index (χ1n) is 4.03. The number of alkyl halides is 3. The molecular weight excluding hydrogens is 203 g/mol. The average Bonchev–Trinajstić information content (AvgIpc) is 2.00. The summed E-state index contributed by atoms with van der Waals surface area (Å²) in [6.45, 7) is 0.224. The second kappa shape index (κ2) is 5.82. The molecule has 0 saturated heterocycles. The Morgan fingerprint density at radius 3 is 2.50 bits per heavy atom. The van der Waals surface area contributed by atoms with E-state index in [9.17, 15) is 18.0 Å². The third kappa shape index (κ3) is 6.67. The summed E-state index contributed by atoms with van der Waals surface area (Å²) < 4.78 is 34.7. The molecule has 7 heteroatoms. The Morgan fingerprint density at radius 1 is 1.57 bits per heavy atom. The molecule has 0 aliphatic rings. The van der Waals surface area contributed by atoms with Crippen molar-refractivity contribution in [2.24, 2.45) is 0 Å². The number of aliphatic carboxylic acids is 1. The monoisotopic (exact) mass is 215 g/mol. The van der Waals surface area contributed by atoms with Gasteiger partial charge in [0.05, 0.1) is 0 Å².